The molecule has 4 aromatic rings. The van der Waals surface area contributed by atoms with E-state index in [-0.39, 0.29) is 5.56 Å². The zero-order chi connectivity index (χ0) is 28.3. The van der Waals surface area contributed by atoms with Crippen LogP contribution in [0.1, 0.15) is 40.7 Å². The Balaban J connectivity index is 1.32. The standard InChI is InChI=1S/C30H29F4N5O/c1-19-8-9-21(28(40)37-26-7-5-6-24(27(26)31)30(32,33)34)17-23(19)20-10-11-25-22(16-20)18-36-29(38-25)35-12-15-39-13-3-2-4-14-39/h5-11,16-18H,2-4,12-15H2,1H3,(H,37,40)(H,35,36,38). The first-order chi connectivity index (χ1) is 19.2. The minimum atomic E-state index is -4.87. The van der Waals surface area contributed by atoms with Gasteiger partial charge in [-0.05, 0) is 85.9 Å². The van der Waals surface area contributed by atoms with E-state index >= 15 is 0 Å². The fraction of sp³-hybridized carbons (Fsp3) is 0.300. The van der Waals surface area contributed by atoms with Crippen LogP contribution < -0.4 is 10.6 Å². The number of alkyl halides is 3. The highest BCUT2D eigenvalue weighted by atomic mass is 19.4. The lowest BCUT2D eigenvalue weighted by Crippen LogP contribution is -2.33. The molecule has 1 aliphatic heterocycles. The zero-order valence-electron chi connectivity index (χ0n) is 22.0. The molecule has 10 heteroatoms. The molecule has 6 nitrogen and oxygen atoms in total. The van der Waals surface area contributed by atoms with E-state index in [1.807, 2.05) is 25.1 Å². The molecule has 1 aliphatic rings. The normalized spacial score (nSPS) is 14.3. The van der Waals surface area contributed by atoms with Gasteiger partial charge in [-0.1, -0.05) is 24.6 Å². The van der Waals surface area contributed by atoms with Crippen molar-refractivity contribution in [1.82, 2.24) is 14.9 Å². The fourth-order valence-corrected chi connectivity index (χ4v) is 4.91. The van der Waals surface area contributed by atoms with Gasteiger partial charge in [-0.25, -0.2) is 14.4 Å². The van der Waals surface area contributed by atoms with Crippen molar-refractivity contribution >= 4 is 28.4 Å². The highest BCUT2D eigenvalue weighted by molar-refractivity contribution is 6.05. The van der Waals surface area contributed by atoms with Crippen molar-refractivity contribution in [3.63, 3.8) is 0 Å². The Morgan fingerprint density at radius 2 is 1.82 bits per heavy atom. The Kier molecular flexibility index (Phi) is 7.97. The van der Waals surface area contributed by atoms with Crippen LogP contribution in [0.3, 0.4) is 0 Å². The molecule has 208 valence electrons. The maximum Gasteiger partial charge on any atom is 0.419 e. The molecule has 1 saturated heterocycles. The largest absolute Gasteiger partial charge is 0.419 e. The molecule has 1 aromatic heterocycles. The van der Waals surface area contributed by atoms with Crippen LogP contribution >= 0.6 is 0 Å². The summed E-state index contributed by atoms with van der Waals surface area (Å²) in [5, 5.41) is 6.38. The molecule has 0 spiro atoms. The second-order valence-corrected chi connectivity index (χ2v) is 9.94. The number of piperidine rings is 1. The van der Waals surface area contributed by atoms with Gasteiger partial charge in [0.1, 0.15) is 0 Å². The number of aromatic nitrogens is 2. The van der Waals surface area contributed by atoms with Crippen LogP contribution in [-0.2, 0) is 6.18 Å². The van der Waals surface area contributed by atoms with Gasteiger partial charge >= 0.3 is 6.18 Å². The Morgan fingerprint density at radius 1 is 1.02 bits per heavy atom. The number of benzene rings is 3. The van der Waals surface area contributed by atoms with E-state index in [9.17, 15) is 22.4 Å². The van der Waals surface area contributed by atoms with Crippen LogP contribution in [-0.4, -0.2) is 47.0 Å². The summed E-state index contributed by atoms with van der Waals surface area (Å²) in [6, 6.07) is 13.4. The molecule has 0 aliphatic carbocycles. The lowest BCUT2D eigenvalue weighted by atomic mass is 9.97. The number of carbonyl (C=O) groups is 1. The van der Waals surface area contributed by atoms with E-state index in [2.05, 4.69) is 25.5 Å². The number of halogens is 4. The van der Waals surface area contributed by atoms with E-state index in [0.717, 1.165) is 65.9 Å². The molecule has 0 radical (unpaired) electrons. The SMILES string of the molecule is Cc1ccc(C(=O)Nc2cccc(C(F)(F)F)c2F)cc1-c1ccc2nc(NCCN3CCCCC3)ncc2c1. The number of rotatable bonds is 7. The molecule has 5 rings (SSSR count). The van der Waals surface area contributed by atoms with Gasteiger partial charge in [0, 0.05) is 30.2 Å². The smallest absolute Gasteiger partial charge is 0.353 e. The number of fused-ring (bicyclic) bond motifs is 1. The van der Waals surface area contributed by atoms with Gasteiger partial charge in [-0.3, -0.25) is 4.79 Å². The maximum absolute atomic E-state index is 14.4. The van der Waals surface area contributed by atoms with Crippen molar-refractivity contribution in [1.29, 1.82) is 0 Å². The Labute approximate surface area is 229 Å². The number of anilines is 2. The zero-order valence-corrected chi connectivity index (χ0v) is 22.0. The van der Waals surface area contributed by atoms with E-state index in [1.54, 1.807) is 24.4 Å². The third-order valence-electron chi connectivity index (χ3n) is 7.10. The Hall–Kier alpha value is -4.05. The predicted molar refractivity (Wildman–Crippen MR) is 148 cm³/mol. The highest BCUT2D eigenvalue weighted by Crippen LogP contribution is 2.34. The van der Waals surface area contributed by atoms with Gasteiger partial charge in [-0.15, -0.1) is 0 Å². The van der Waals surface area contributed by atoms with Crippen LogP contribution in [0.5, 0.6) is 0 Å². The number of likely N-dealkylation sites (tertiary alicyclic amines) is 1. The van der Waals surface area contributed by atoms with Crippen LogP contribution in [0.15, 0.2) is 60.8 Å². The first-order valence-corrected chi connectivity index (χ1v) is 13.2. The van der Waals surface area contributed by atoms with Gasteiger partial charge in [0.05, 0.1) is 16.8 Å². The number of amides is 1. The summed E-state index contributed by atoms with van der Waals surface area (Å²) >= 11 is 0. The third-order valence-corrected chi connectivity index (χ3v) is 7.10. The number of aryl methyl sites for hydroxylation is 1. The topological polar surface area (TPSA) is 70.2 Å². The first kappa shape index (κ1) is 27.5. The summed E-state index contributed by atoms with van der Waals surface area (Å²) in [5.74, 6) is -1.68. The molecule has 2 heterocycles. The van der Waals surface area contributed by atoms with Gasteiger partial charge in [0.25, 0.3) is 5.91 Å². The van der Waals surface area contributed by atoms with E-state index < -0.39 is 29.2 Å². The predicted octanol–water partition coefficient (Wildman–Crippen LogP) is 6.91. The van der Waals surface area contributed by atoms with Crippen molar-refractivity contribution in [2.45, 2.75) is 32.4 Å². The van der Waals surface area contributed by atoms with E-state index in [1.165, 1.54) is 19.3 Å². The second kappa shape index (κ2) is 11.6. The lowest BCUT2D eigenvalue weighted by Gasteiger charge is -2.26. The number of nitrogens with zero attached hydrogens (tertiary/aromatic N) is 3. The average molecular weight is 552 g/mol. The third kappa shape index (κ3) is 6.22. The molecular weight excluding hydrogens is 522 g/mol. The summed E-state index contributed by atoms with van der Waals surface area (Å²) < 4.78 is 53.6. The van der Waals surface area contributed by atoms with Gasteiger partial charge in [0.15, 0.2) is 5.82 Å². The molecule has 1 amide bonds. The van der Waals surface area contributed by atoms with Crippen LogP contribution in [0.2, 0.25) is 0 Å². The lowest BCUT2D eigenvalue weighted by molar-refractivity contribution is -0.139. The molecule has 0 saturated carbocycles. The molecule has 2 N–H and O–H groups in total. The number of hydrogen-bond donors (Lipinski definition) is 2. The van der Waals surface area contributed by atoms with Crippen molar-refractivity contribution in [3.8, 4) is 11.1 Å². The van der Waals surface area contributed by atoms with Crippen LogP contribution in [0, 0.1) is 12.7 Å². The summed E-state index contributed by atoms with van der Waals surface area (Å²) in [6.07, 6.45) is 0.673. The molecule has 3 aromatic carbocycles. The highest BCUT2D eigenvalue weighted by Gasteiger charge is 2.35. The Bertz CT molecular complexity index is 1530. The summed E-state index contributed by atoms with van der Waals surface area (Å²) in [7, 11) is 0. The molecule has 0 bridgehead atoms. The Morgan fingerprint density at radius 3 is 2.60 bits per heavy atom. The van der Waals surface area contributed by atoms with Gasteiger partial charge in [-0.2, -0.15) is 13.2 Å². The molecular formula is C30H29F4N5O. The summed E-state index contributed by atoms with van der Waals surface area (Å²) in [5.41, 5.74) is 1.44. The summed E-state index contributed by atoms with van der Waals surface area (Å²) in [4.78, 5) is 24.4. The van der Waals surface area contributed by atoms with E-state index in [0.29, 0.717) is 12.0 Å². The number of nitrogens with one attached hydrogen (secondary N) is 2. The molecule has 0 atom stereocenters. The van der Waals surface area contributed by atoms with Crippen molar-refractivity contribution in [2.24, 2.45) is 0 Å². The average Bonchev–Trinajstić information content (AvgIpc) is 2.94. The number of carbonyl (C=O) groups excluding carboxylic acids is 1. The number of hydrogen-bond acceptors (Lipinski definition) is 5. The summed E-state index contributed by atoms with van der Waals surface area (Å²) in [6.45, 7) is 5.87. The minimum Gasteiger partial charge on any atom is -0.353 e. The molecule has 0 unspecified atom stereocenters. The minimum absolute atomic E-state index is 0.182. The second-order valence-electron chi connectivity index (χ2n) is 9.94. The van der Waals surface area contributed by atoms with Gasteiger partial charge < -0.3 is 15.5 Å². The van der Waals surface area contributed by atoms with Crippen molar-refractivity contribution < 1.29 is 22.4 Å². The van der Waals surface area contributed by atoms with Crippen molar-refractivity contribution in [3.05, 3.63) is 83.3 Å². The molecule has 40 heavy (non-hydrogen) atoms. The first-order valence-electron chi connectivity index (χ1n) is 13.2. The van der Waals surface area contributed by atoms with E-state index in [4.69, 9.17) is 0 Å². The van der Waals surface area contributed by atoms with Crippen molar-refractivity contribution in [2.75, 3.05) is 36.8 Å². The van der Waals surface area contributed by atoms with Gasteiger partial charge in [0.2, 0.25) is 5.95 Å². The quantitative estimate of drug-likeness (QED) is 0.244. The van der Waals surface area contributed by atoms with Crippen LogP contribution in [0.25, 0.3) is 22.0 Å². The maximum atomic E-state index is 14.4. The monoisotopic (exact) mass is 551 g/mol. The fourth-order valence-electron chi connectivity index (χ4n) is 4.91. The molecule has 1 fully saturated rings. The van der Waals surface area contributed by atoms with Crippen LogP contribution in [0.4, 0.5) is 29.2 Å².